The maximum atomic E-state index is 13.8. The van der Waals surface area contributed by atoms with Gasteiger partial charge in [0.05, 0.1) is 6.61 Å². The molecule has 0 spiro atoms. The molecule has 1 aromatic carbocycles. The third-order valence-corrected chi connectivity index (χ3v) is 2.94. The van der Waals surface area contributed by atoms with Crippen LogP contribution in [0.3, 0.4) is 0 Å². The van der Waals surface area contributed by atoms with Crippen molar-refractivity contribution in [1.82, 2.24) is 0 Å². The van der Waals surface area contributed by atoms with E-state index in [2.05, 4.69) is 0 Å². The second-order valence-electron chi connectivity index (χ2n) is 4.87. The van der Waals surface area contributed by atoms with Gasteiger partial charge in [0.2, 0.25) is 11.6 Å². The standard InChI is InChI=1S/C16H19F5O2/c1-2-5-11(17)10-23-13-8-7-12(15(20)16(13)21)22-9-4-3-6-14(18)19/h6-8,11H,2-5,9-10H2,1H3. The van der Waals surface area contributed by atoms with Gasteiger partial charge in [0.25, 0.3) is 6.08 Å². The quantitative estimate of drug-likeness (QED) is 0.419. The average molecular weight is 338 g/mol. The fourth-order valence-corrected chi connectivity index (χ4v) is 1.79. The lowest BCUT2D eigenvalue weighted by atomic mass is 10.2. The lowest BCUT2D eigenvalue weighted by Crippen LogP contribution is -2.13. The summed E-state index contributed by atoms with van der Waals surface area (Å²) in [7, 11) is 0. The first kappa shape index (κ1) is 19.3. The molecule has 1 atom stereocenters. The average Bonchev–Trinajstić information content (AvgIpc) is 2.50. The minimum Gasteiger partial charge on any atom is -0.490 e. The number of hydrogen-bond acceptors (Lipinski definition) is 2. The summed E-state index contributed by atoms with van der Waals surface area (Å²) in [6, 6.07) is 2.31. The van der Waals surface area contributed by atoms with E-state index in [4.69, 9.17) is 9.47 Å². The molecule has 0 amide bonds. The van der Waals surface area contributed by atoms with Crippen molar-refractivity contribution in [3.63, 3.8) is 0 Å². The minimum atomic E-state index is -1.79. The van der Waals surface area contributed by atoms with Crippen LogP contribution >= 0.6 is 0 Å². The van der Waals surface area contributed by atoms with E-state index >= 15 is 0 Å². The monoisotopic (exact) mass is 338 g/mol. The van der Waals surface area contributed by atoms with Crippen molar-refractivity contribution < 1.29 is 31.4 Å². The Balaban J connectivity index is 2.54. The van der Waals surface area contributed by atoms with E-state index in [1.165, 1.54) is 0 Å². The van der Waals surface area contributed by atoms with Gasteiger partial charge in [-0.1, -0.05) is 13.3 Å². The van der Waals surface area contributed by atoms with Crippen LogP contribution in [0.4, 0.5) is 22.0 Å². The molecule has 1 unspecified atom stereocenters. The van der Waals surface area contributed by atoms with Crippen molar-refractivity contribution >= 4 is 0 Å². The number of unbranched alkanes of at least 4 members (excludes halogenated alkanes) is 1. The largest absolute Gasteiger partial charge is 0.490 e. The van der Waals surface area contributed by atoms with E-state index in [1.807, 2.05) is 0 Å². The molecule has 130 valence electrons. The molecule has 0 fully saturated rings. The highest BCUT2D eigenvalue weighted by Crippen LogP contribution is 2.28. The van der Waals surface area contributed by atoms with Gasteiger partial charge in [-0.05, 0) is 37.5 Å². The summed E-state index contributed by atoms with van der Waals surface area (Å²) in [5, 5.41) is 0. The second kappa shape index (κ2) is 10.1. The molecule has 1 rings (SSSR count). The smallest absolute Gasteiger partial charge is 0.266 e. The summed E-state index contributed by atoms with van der Waals surface area (Å²) in [6.45, 7) is 1.41. The first-order chi connectivity index (χ1) is 11.0. The van der Waals surface area contributed by atoms with Gasteiger partial charge in [-0.3, -0.25) is 0 Å². The van der Waals surface area contributed by atoms with Crippen molar-refractivity contribution in [2.75, 3.05) is 13.2 Å². The van der Waals surface area contributed by atoms with Crippen LogP contribution in [0.5, 0.6) is 11.5 Å². The summed E-state index contributed by atoms with van der Waals surface area (Å²) in [4.78, 5) is 0. The molecule has 23 heavy (non-hydrogen) atoms. The summed E-state index contributed by atoms with van der Waals surface area (Å²) < 4.78 is 74.3. The molecule has 0 aromatic heterocycles. The minimum absolute atomic E-state index is 0.0383. The van der Waals surface area contributed by atoms with Crippen molar-refractivity contribution in [3.8, 4) is 11.5 Å². The summed E-state index contributed by atoms with van der Waals surface area (Å²) >= 11 is 0. The van der Waals surface area contributed by atoms with E-state index in [9.17, 15) is 22.0 Å². The topological polar surface area (TPSA) is 18.5 Å². The number of ether oxygens (including phenoxy) is 2. The van der Waals surface area contributed by atoms with E-state index in [-0.39, 0.29) is 38.2 Å². The molecular formula is C16H19F5O2. The molecule has 7 heteroatoms. The zero-order valence-electron chi connectivity index (χ0n) is 12.8. The maximum absolute atomic E-state index is 13.8. The Morgan fingerprint density at radius 1 is 1.13 bits per heavy atom. The fraction of sp³-hybridized carbons (Fsp3) is 0.500. The van der Waals surface area contributed by atoms with Crippen LogP contribution in [0.2, 0.25) is 0 Å². The Labute approximate surface area is 131 Å². The molecule has 0 saturated heterocycles. The van der Waals surface area contributed by atoms with Crippen molar-refractivity contribution in [1.29, 1.82) is 0 Å². The second-order valence-corrected chi connectivity index (χ2v) is 4.87. The molecule has 0 aliphatic rings. The van der Waals surface area contributed by atoms with E-state index < -0.39 is 29.6 Å². The lowest BCUT2D eigenvalue weighted by Gasteiger charge is -2.12. The first-order valence-electron chi connectivity index (χ1n) is 7.34. The number of halogens is 5. The predicted octanol–water partition coefficient (Wildman–Crippen LogP) is 5.42. The zero-order valence-corrected chi connectivity index (χ0v) is 12.8. The van der Waals surface area contributed by atoms with Crippen molar-refractivity contribution in [3.05, 3.63) is 35.9 Å². The molecule has 0 aliphatic carbocycles. The van der Waals surface area contributed by atoms with Gasteiger partial charge in [-0.2, -0.15) is 17.6 Å². The highest BCUT2D eigenvalue weighted by Gasteiger charge is 2.17. The molecule has 0 saturated carbocycles. The first-order valence-corrected chi connectivity index (χ1v) is 7.34. The van der Waals surface area contributed by atoms with Crippen LogP contribution < -0.4 is 9.47 Å². The van der Waals surface area contributed by atoms with Crippen LogP contribution in [-0.2, 0) is 0 Å². The Morgan fingerprint density at radius 3 is 2.30 bits per heavy atom. The van der Waals surface area contributed by atoms with Crippen LogP contribution in [0.25, 0.3) is 0 Å². The summed E-state index contributed by atoms with van der Waals surface area (Å²) in [5.74, 6) is -3.25. The summed E-state index contributed by atoms with van der Waals surface area (Å²) in [6.07, 6.45) is -1.11. The van der Waals surface area contributed by atoms with Crippen molar-refractivity contribution in [2.45, 2.75) is 38.8 Å². The Bertz CT molecular complexity index is 515. The third kappa shape index (κ3) is 6.88. The molecule has 0 aliphatic heterocycles. The van der Waals surface area contributed by atoms with E-state index in [0.717, 1.165) is 18.2 Å². The van der Waals surface area contributed by atoms with Crippen LogP contribution in [0.15, 0.2) is 24.3 Å². The van der Waals surface area contributed by atoms with Crippen LogP contribution in [-0.4, -0.2) is 19.4 Å². The maximum Gasteiger partial charge on any atom is 0.266 e. The van der Waals surface area contributed by atoms with Gasteiger partial charge >= 0.3 is 0 Å². The van der Waals surface area contributed by atoms with Gasteiger partial charge in [0, 0.05) is 0 Å². The number of allylic oxidation sites excluding steroid dienone is 1. The lowest BCUT2D eigenvalue weighted by molar-refractivity contribution is 0.179. The zero-order chi connectivity index (χ0) is 17.2. The number of benzene rings is 1. The highest BCUT2D eigenvalue weighted by molar-refractivity contribution is 5.35. The predicted molar refractivity (Wildman–Crippen MR) is 76.7 cm³/mol. The van der Waals surface area contributed by atoms with Gasteiger partial charge in [-0.15, -0.1) is 0 Å². The number of hydrogen-bond donors (Lipinski definition) is 0. The molecular weight excluding hydrogens is 319 g/mol. The Morgan fingerprint density at radius 2 is 1.74 bits per heavy atom. The Hall–Kier alpha value is -1.79. The molecule has 1 aromatic rings. The molecule has 0 heterocycles. The molecule has 2 nitrogen and oxygen atoms in total. The van der Waals surface area contributed by atoms with Gasteiger partial charge in [0.1, 0.15) is 12.8 Å². The number of rotatable bonds is 10. The molecule has 0 N–H and O–H groups in total. The normalized spacial score (nSPS) is 11.9. The van der Waals surface area contributed by atoms with Gasteiger partial charge in [0.15, 0.2) is 11.5 Å². The van der Waals surface area contributed by atoms with Gasteiger partial charge < -0.3 is 9.47 Å². The van der Waals surface area contributed by atoms with E-state index in [1.54, 1.807) is 6.92 Å². The van der Waals surface area contributed by atoms with Crippen molar-refractivity contribution in [2.24, 2.45) is 0 Å². The number of alkyl halides is 1. The molecule has 0 bridgehead atoms. The molecule has 0 radical (unpaired) electrons. The Kier molecular flexibility index (Phi) is 8.43. The highest BCUT2D eigenvalue weighted by atomic mass is 19.3. The van der Waals surface area contributed by atoms with Gasteiger partial charge in [-0.25, -0.2) is 4.39 Å². The summed E-state index contributed by atoms with van der Waals surface area (Å²) in [5.41, 5.74) is 0. The SMILES string of the molecule is CCCC(F)COc1ccc(OCCCC=C(F)F)c(F)c1F. The third-order valence-electron chi connectivity index (χ3n) is 2.94. The van der Waals surface area contributed by atoms with E-state index in [0.29, 0.717) is 6.42 Å². The van der Waals surface area contributed by atoms with Crippen LogP contribution in [0.1, 0.15) is 32.6 Å². The fourth-order valence-electron chi connectivity index (χ4n) is 1.79. The van der Waals surface area contributed by atoms with Crippen LogP contribution in [0, 0.1) is 11.6 Å².